The fourth-order valence-corrected chi connectivity index (χ4v) is 6.16. The first-order valence-electron chi connectivity index (χ1n) is 11.5. The number of hydrogen-bond acceptors (Lipinski definition) is 5. The monoisotopic (exact) mass is 558 g/mol. The molecule has 0 fully saturated rings. The Morgan fingerprint density at radius 2 is 1.78 bits per heavy atom. The van der Waals surface area contributed by atoms with Crippen LogP contribution in [0.4, 0.5) is 11.4 Å². The molecule has 1 aliphatic rings. The van der Waals surface area contributed by atoms with E-state index in [2.05, 4.69) is 6.58 Å². The summed E-state index contributed by atoms with van der Waals surface area (Å²) in [5, 5.41) is 0.380. The van der Waals surface area contributed by atoms with Gasteiger partial charge >= 0.3 is 5.97 Å². The molecule has 0 saturated heterocycles. The highest BCUT2D eigenvalue weighted by molar-refractivity contribution is 7.93. The number of rotatable bonds is 8. The van der Waals surface area contributed by atoms with Crippen molar-refractivity contribution in [3.63, 3.8) is 0 Å². The molecule has 192 valence electrons. The molecule has 4 rings (SSSR count). The second kappa shape index (κ2) is 11.4. The van der Waals surface area contributed by atoms with Crippen LogP contribution in [0, 0.1) is 0 Å². The maximum Gasteiger partial charge on any atom is 0.338 e. The molecule has 3 aromatic carbocycles. The van der Waals surface area contributed by atoms with Gasteiger partial charge in [0.15, 0.2) is 6.61 Å². The molecule has 0 saturated carbocycles. The number of amides is 1. The van der Waals surface area contributed by atoms with Crippen molar-refractivity contribution >= 4 is 56.5 Å². The second-order valence-corrected chi connectivity index (χ2v) is 11.0. The molecule has 7 nitrogen and oxygen atoms in total. The molecule has 3 aromatic rings. The molecule has 0 aromatic heterocycles. The van der Waals surface area contributed by atoms with Crippen LogP contribution >= 0.6 is 23.2 Å². The van der Waals surface area contributed by atoms with Crippen LogP contribution in [0.25, 0.3) is 0 Å². The minimum absolute atomic E-state index is 0.0409. The predicted octanol–water partition coefficient (Wildman–Crippen LogP) is 5.51. The minimum atomic E-state index is -4.19. The summed E-state index contributed by atoms with van der Waals surface area (Å²) in [6.07, 6.45) is 3.12. The van der Waals surface area contributed by atoms with Crippen LogP contribution in [0.3, 0.4) is 0 Å². The molecule has 0 radical (unpaired) electrons. The van der Waals surface area contributed by atoms with Crippen molar-refractivity contribution in [2.75, 3.05) is 28.9 Å². The number of aryl methyl sites for hydroxylation is 1. The Kier molecular flexibility index (Phi) is 8.22. The number of halogens is 2. The Balaban J connectivity index is 1.54. The Labute approximate surface area is 225 Å². The second-order valence-electron chi connectivity index (χ2n) is 8.30. The van der Waals surface area contributed by atoms with Crippen molar-refractivity contribution in [3.05, 3.63) is 101 Å². The molecule has 1 amide bonds. The zero-order valence-corrected chi connectivity index (χ0v) is 22.1. The Bertz CT molecular complexity index is 1440. The van der Waals surface area contributed by atoms with Gasteiger partial charge in [0, 0.05) is 17.3 Å². The third-order valence-corrected chi connectivity index (χ3v) is 8.41. The third-order valence-electron chi connectivity index (χ3n) is 5.88. The number of anilines is 2. The first-order chi connectivity index (χ1) is 17.7. The van der Waals surface area contributed by atoms with Gasteiger partial charge in [-0.15, -0.1) is 6.58 Å². The Hall–Kier alpha value is -3.33. The van der Waals surface area contributed by atoms with E-state index in [1.807, 2.05) is 24.3 Å². The van der Waals surface area contributed by atoms with Gasteiger partial charge in [-0.05, 0) is 66.9 Å². The van der Waals surface area contributed by atoms with E-state index >= 15 is 0 Å². The number of fused-ring (bicyclic) bond motifs is 1. The van der Waals surface area contributed by atoms with E-state index in [1.54, 1.807) is 29.2 Å². The van der Waals surface area contributed by atoms with Crippen LogP contribution in [0.15, 0.2) is 84.3 Å². The number of para-hydroxylation sites is 1. The van der Waals surface area contributed by atoms with Gasteiger partial charge in [0.25, 0.3) is 15.9 Å². The predicted molar refractivity (Wildman–Crippen MR) is 145 cm³/mol. The van der Waals surface area contributed by atoms with Gasteiger partial charge in [-0.2, -0.15) is 0 Å². The van der Waals surface area contributed by atoms with E-state index in [9.17, 15) is 18.0 Å². The van der Waals surface area contributed by atoms with Gasteiger partial charge < -0.3 is 9.64 Å². The molecule has 0 aliphatic carbocycles. The molecule has 0 atom stereocenters. The largest absolute Gasteiger partial charge is 0.452 e. The number of benzene rings is 3. The zero-order valence-electron chi connectivity index (χ0n) is 19.8. The number of esters is 1. The molecule has 0 unspecified atom stereocenters. The first-order valence-corrected chi connectivity index (χ1v) is 13.7. The highest BCUT2D eigenvalue weighted by Crippen LogP contribution is 2.31. The standard InChI is InChI=1S/C27H24Cl2N2O5S/c1-2-15-31(22-12-10-21(28)11-13-22)37(34,35)25-17-20(9-14-23(25)29)27(33)36-18-26(32)30-16-5-7-19-6-3-4-8-24(19)30/h2-4,6,8-14,17H,1,5,7,15-16,18H2. The minimum Gasteiger partial charge on any atom is -0.452 e. The third kappa shape index (κ3) is 5.82. The summed E-state index contributed by atoms with van der Waals surface area (Å²) in [6, 6.07) is 17.6. The summed E-state index contributed by atoms with van der Waals surface area (Å²) < 4.78 is 33.4. The maximum atomic E-state index is 13.5. The fourth-order valence-electron chi connectivity index (χ4n) is 4.09. The summed E-state index contributed by atoms with van der Waals surface area (Å²) >= 11 is 12.2. The SMILES string of the molecule is C=CCN(c1ccc(Cl)cc1)S(=O)(=O)c1cc(C(=O)OCC(=O)N2CCCc3ccccc32)ccc1Cl. The number of carbonyl (C=O) groups excluding carboxylic acids is 2. The van der Waals surface area contributed by atoms with Gasteiger partial charge in [0.1, 0.15) is 4.90 Å². The quantitative estimate of drug-likeness (QED) is 0.269. The molecule has 1 aliphatic heterocycles. The normalized spacial score (nSPS) is 13.0. The average Bonchev–Trinajstić information content (AvgIpc) is 2.90. The number of sulfonamides is 1. The van der Waals surface area contributed by atoms with Crippen molar-refractivity contribution in [2.45, 2.75) is 17.7 Å². The van der Waals surface area contributed by atoms with Crippen LogP contribution < -0.4 is 9.21 Å². The molecule has 0 spiro atoms. The van der Waals surface area contributed by atoms with Crippen LogP contribution in [0.5, 0.6) is 0 Å². The zero-order chi connectivity index (χ0) is 26.6. The summed E-state index contributed by atoms with van der Waals surface area (Å²) in [6.45, 7) is 3.64. The summed E-state index contributed by atoms with van der Waals surface area (Å²) in [4.78, 5) is 26.9. The lowest BCUT2D eigenvalue weighted by Gasteiger charge is -2.29. The van der Waals surface area contributed by atoms with Crippen molar-refractivity contribution in [1.82, 2.24) is 0 Å². The number of ether oxygens (including phenoxy) is 1. The van der Waals surface area contributed by atoms with Gasteiger partial charge in [-0.1, -0.05) is 47.5 Å². The van der Waals surface area contributed by atoms with Crippen molar-refractivity contribution in [1.29, 1.82) is 0 Å². The number of carbonyl (C=O) groups is 2. The number of nitrogens with zero attached hydrogens (tertiary/aromatic N) is 2. The molecule has 0 bridgehead atoms. The van der Waals surface area contributed by atoms with Gasteiger partial charge in [-0.3, -0.25) is 9.10 Å². The van der Waals surface area contributed by atoms with Crippen LogP contribution in [-0.2, 0) is 26.0 Å². The van der Waals surface area contributed by atoms with Gasteiger partial charge in [0.2, 0.25) is 0 Å². The lowest BCUT2D eigenvalue weighted by Crippen LogP contribution is -2.38. The van der Waals surface area contributed by atoms with Crippen molar-refractivity contribution < 1.29 is 22.7 Å². The topological polar surface area (TPSA) is 84.0 Å². The van der Waals surface area contributed by atoms with Crippen LogP contribution in [0.2, 0.25) is 10.0 Å². The van der Waals surface area contributed by atoms with Gasteiger partial charge in [-0.25, -0.2) is 13.2 Å². The summed E-state index contributed by atoms with van der Waals surface area (Å²) in [5.41, 5.74) is 2.16. The molecule has 10 heteroatoms. The van der Waals surface area contributed by atoms with Crippen molar-refractivity contribution in [2.24, 2.45) is 0 Å². The lowest BCUT2D eigenvalue weighted by atomic mass is 10.0. The molecular formula is C27H24Cl2N2O5S. The molecule has 0 N–H and O–H groups in total. The fraction of sp³-hybridized carbons (Fsp3) is 0.185. The summed E-state index contributed by atoms with van der Waals surface area (Å²) in [7, 11) is -4.19. The first kappa shape index (κ1) is 26.7. The van der Waals surface area contributed by atoms with E-state index < -0.39 is 22.6 Å². The highest BCUT2D eigenvalue weighted by Gasteiger charge is 2.28. The van der Waals surface area contributed by atoms with E-state index in [0.29, 0.717) is 17.3 Å². The van der Waals surface area contributed by atoms with E-state index in [-0.39, 0.29) is 27.9 Å². The average molecular weight is 559 g/mol. The lowest BCUT2D eigenvalue weighted by molar-refractivity contribution is -0.121. The maximum absolute atomic E-state index is 13.5. The van der Waals surface area contributed by atoms with E-state index in [4.69, 9.17) is 27.9 Å². The molecule has 1 heterocycles. The summed E-state index contributed by atoms with van der Waals surface area (Å²) in [5.74, 6) is -1.20. The van der Waals surface area contributed by atoms with E-state index in [0.717, 1.165) is 34.5 Å². The van der Waals surface area contributed by atoms with Crippen LogP contribution in [0.1, 0.15) is 22.3 Å². The Morgan fingerprint density at radius 1 is 1.05 bits per heavy atom. The van der Waals surface area contributed by atoms with Gasteiger partial charge in [0.05, 0.1) is 22.8 Å². The smallest absolute Gasteiger partial charge is 0.338 e. The van der Waals surface area contributed by atoms with E-state index in [1.165, 1.54) is 18.2 Å². The van der Waals surface area contributed by atoms with Crippen molar-refractivity contribution in [3.8, 4) is 0 Å². The highest BCUT2D eigenvalue weighted by atomic mass is 35.5. The molecule has 37 heavy (non-hydrogen) atoms. The number of hydrogen-bond donors (Lipinski definition) is 0. The van der Waals surface area contributed by atoms with Crippen LogP contribution in [-0.4, -0.2) is 40.0 Å². The molecular weight excluding hydrogens is 535 g/mol. The Morgan fingerprint density at radius 3 is 2.51 bits per heavy atom.